The highest BCUT2D eigenvalue weighted by atomic mass is 127. The van der Waals surface area contributed by atoms with Crippen molar-refractivity contribution in [3.63, 3.8) is 0 Å². The molecule has 0 bridgehead atoms. The molecule has 0 aliphatic heterocycles. The van der Waals surface area contributed by atoms with Crippen LogP contribution in [0.4, 0.5) is 0 Å². The molecule has 6 nitrogen and oxygen atoms in total. The molecule has 0 heterocycles. The van der Waals surface area contributed by atoms with Gasteiger partial charge in [0.15, 0.2) is 5.96 Å². The Morgan fingerprint density at radius 3 is 2.26 bits per heavy atom. The number of aliphatic imine (C=N–C) groups is 1. The molecule has 0 spiro atoms. The van der Waals surface area contributed by atoms with E-state index in [9.17, 15) is 8.42 Å². The maximum Gasteiger partial charge on any atom is 0.191 e. The smallest absolute Gasteiger partial charge is 0.191 e. The molecule has 1 aromatic rings. The monoisotopic (exact) mass is 511 g/mol. The first kappa shape index (κ1) is 26.1. The van der Waals surface area contributed by atoms with E-state index < -0.39 is 9.84 Å². The molecule has 0 saturated carbocycles. The largest absolute Gasteiger partial charge is 0.379 e. The number of nitrogens with zero attached hydrogens (tertiary/aromatic N) is 1. The molecular formula is C19H34IN3O3S. The van der Waals surface area contributed by atoms with E-state index in [0.717, 1.165) is 25.3 Å². The van der Waals surface area contributed by atoms with Crippen LogP contribution in [0.1, 0.15) is 32.3 Å². The molecule has 0 aliphatic carbocycles. The van der Waals surface area contributed by atoms with Crippen LogP contribution < -0.4 is 10.6 Å². The fourth-order valence-corrected chi connectivity index (χ4v) is 3.25. The van der Waals surface area contributed by atoms with E-state index in [1.165, 1.54) is 11.8 Å². The summed E-state index contributed by atoms with van der Waals surface area (Å²) in [5, 5.41) is 6.62. The van der Waals surface area contributed by atoms with Crippen LogP contribution in [0.25, 0.3) is 0 Å². The van der Waals surface area contributed by atoms with Gasteiger partial charge in [-0.2, -0.15) is 0 Å². The quantitative estimate of drug-likeness (QED) is 0.207. The highest BCUT2D eigenvalue weighted by Gasteiger charge is 2.28. The first-order chi connectivity index (χ1) is 12.4. The summed E-state index contributed by atoms with van der Waals surface area (Å²) >= 11 is 0. The highest BCUT2D eigenvalue weighted by Crippen LogP contribution is 2.30. The summed E-state index contributed by atoms with van der Waals surface area (Å²) in [6.45, 7) is 6.43. The molecule has 8 heteroatoms. The predicted octanol–water partition coefficient (Wildman–Crippen LogP) is 2.59. The van der Waals surface area contributed by atoms with Crippen molar-refractivity contribution in [2.75, 3.05) is 45.4 Å². The minimum absolute atomic E-state index is 0. The van der Waals surface area contributed by atoms with Crippen LogP contribution in [0.5, 0.6) is 0 Å². The predicted molar refractivity (Wildman–Crippen MR) is 124 cm³/mol. The Hall–Kier alpha value is -0.870. The summed E-state index contributed by atoms with van der Waals surface area (Å²) in [6, 6.07) is 10.6. The second-order valence-electron chi connectivity index (χ2n) is 6.45. The molecule has 1 aromatic carbocycles. The van der Waals surface area contributed by atoms with Gasteiger partial charge in [0.2, 0.25) is 0 Å². The van der Waals surface area contributed by atoms with E-state index in [2.05, 4.69) is 53.7 Å². The molecule has 0 radical (unpaired) electrons. The maximum absolute atomic E-state index is 11.0. The average molecular weight is 511 g/mol. The molecule has 0 aliphatic rings. The Morgan fingerprint density at radius 2 is 1.74 bits per heavy atom. The van der Waals surface area contributed by atoms with Crippen molar-refractivity contribution in [1.82, 2.24) is 10.6 Å². The first-order valence-electron chi connectivity index (χ1n) is 9.12. The standard InChI is InChI=1S/C19H33N3O3S.HI/c1-5-19(6-2,17-10-8-7-9-11-17)16-22-18(20-3)21-12-13-25-14-15-26(4,23)24;/h7-11H,5-6,12-16H2,1-4H3,(H2,20,21,22);1H. The summed E-state index contributed by atoms with van der Waals surface area (Å²) in [7, 11) is -1.23. The summed E-state index contributed by atoms with van der Waals surface area (Å²) in [5.74, 6) is 0.769. The molecule has 156 valence electrons. The van der Waals surface area contributed by atoms with Gasteiger partial charge in [-0.25, -0.2) is 8.42 Å². The third-order valence-corrected chi connectivity index (χ3v) is 5.60. The number of hydrogen-bond acceptors (Lipinski definition) is 4. The van der Waals surface area contributed by atoms with Crippen molar-refractivity contribution in [3.05, 3.63) is 35.9 Å². The van der Waals surface area contributed by atoms with Crippen LogP contribution in [0.15, 0.2) is 35.3 Å². The average Bonchev–Trinajstić information content (AvgIpc) is 2.63. The number of halogens is 1. The number of guanidine groups is 1. The summed E-state index contributed by atoms with van der Waals surface area (Å²) in [6.07, 6.45) is 3.28. The normalized spacial score (nSPS) is 12.4. The highest BCUT2D eigenvalue weighted by molar-refractivity contribution is 14.0. The second kappa shape index (κ2) is 13.3. The van der Waals surface area contributed by atoms with E-state index in [0.29, 0.717) is 13.2 Å². The van der Waals surface area contributed by atoms with Crippen molar-refractivity contribution in [3.8, 4) is 0 Å². The van der Waals surface area contributed by atoms with Crippen LogP contribution in [0.2, 0.25) is 0 Å². The number of nitrogens with one attached hydrogen (secondary N) is 2. The lowest BCUT2D eigenvalue weighted by Gasteiger charge is -2.33. The van der Waals surface area contributed by atoms with Crippen LogP contribution in [-0.2, 0) is 20.0 Å². The fraction of sp³-hybridized carbons (Fsp3) is 0.632. The number of benzene rings is 1. The fourth-order valence-electron chi connectivity index (χ4n) is 2.83. The minimum Gasteiger partial charge on any atom is -0.379 e. The number of hydrogen-bond donors (Lipinski definition) is 2. The Morgan fingerprint density at radius 1 is 1.11 bits per heavy atom. The third-order valence-electron chi connectivity index (χ3n) is 4.69. The number of sulfone groups is 1. The Bertz CT molecular complexity index is 647. The van der Waals surface area contributed by atoms with Gasteiger partial charge in [0.25, 0.3) is 0 Å². The van der Waals surface area contributed by atoms with Crippen molar-refractivity contribution in [1.29, 1.82) is 0 Å². The molecule has 0 unspecified atom stereocenters. The minimum atomic E-state index is -2.97. The van der Waals surface area contributed by atoms with Crippen LogP contribution in [0.3, 0.4) is 0 Å². The lowest BCUT2D eigenvalue weighted by atomic mass is 9.76. The molecule has 27 heavy (non-hydrogen) atoms. The zero-order valence-electron chi connectivity index (χ0n) is 16.8. The van der Waals surface area contributed by atoms with Crippen molar-refractivity contribution in [2.24, 2.45) is 4.99 Å². The molecule has 0 aromatic heterocycles. The van der Waals surface area contributed by atoms with Crippen LogP contribution >= 0.6 is 24.0 Å². The van der Waals surface area contributed by atoms with Gasteiger partial charge < -0.3 is 15.4 Å². The maximum atomic E-state index is 11.0. The molecular weight excluding hydrogens is 477 g/mol. The zero-order chi connectivity index (χ0) is 19.5. The summed E-state index contributed by atoms with van der Waals surface area (Å²) in [4.78, 5) is 4.25. The number of rotatable bonds is 11. The first-order valence-corrected chi connectivity index (χ1v) is 11.2. The second-order valence-corrected chi connectivity index (χ2v) is 8.71. The van der Waals surface area contributed by atoms with E-state index in [1.54, 1.807) is 7.05 Å². The van der Waals surface area contributed by atoms with E-state index in [1.807, 2.05) is 6.07 Å². The van der Waals surface area contributed by atoms with Crippen molar-refractivity contribution < 1.29 is 13.2 Å². The Balaban J connectivity index is 0.00000676. The van der Waals surface area contributed by atoms with Crippen LogP contribution in [-0.4, -0.2) is 59.7 Å². The molecule has 1 rings (SSSR count). The van der Waals surface area contributed by atoms with Crippen molar-refractivity contribution >= 4 is 39.8 Å². The van der Waals surface area contributed by atoms with Crippen LogP contribution in [0, 0.1) is 0 Å². The van der Waals surface area contributed by atoms with E-state index >= 15 is 0 Å². The summed E-state index contributed by atoms with van der Waals surface area (Å²) in [5.41, 5.74) is 1.39. The Labute approximate surface area is 181 Å². The molecule has 0 saturated heterocycles. The van der Waals surface area contributed by atoms with Gasteiger partial charge >= 0.3 is 0 Å². The SMILES string of the molecule is CCC(CC)(CNC(=NC)NCCOCCS(C)(=O)=O)c1ccccc1.I. The van der Waals surface area contributed by atoms with Gasteiger partial charge in [-0.05, 0) is 18.4 Å². The Kier molecular flexibility index (Phi) is 12.9. The van der Waals surface area contributed by atoms with Gasteiger partial charge in [-0.1, -0.05) is 44.2 Å². The zero-order valence-corrected chi connectivity index (χ0v) is 20.0. The topological polar surface area (TPSA) is 79.8 Å². The number of ether oxygens (including phenoxy) is 1. The van der Waals surface area contributed by atoms with E-state index in [-0.39, 0.29) is 41.8 Å². The third kappa shape index (κ3) is 9.75. The van der Waals surface area contributed by atoms with Gasteiger partial charge in [-0.3, -0.25) is 4.99 Å². The van der Waals surface area contributed by atoms with Gasteiger partial charge in [0.1, 0.15) is 9.84 Å². The van der Waals surface area contributed by atoms with E-state index in [4.69, 9.17) is 4.74 Å². The summed E-state index contributed by atoms with van der Waals surface area (Å²) < 4.78 is 27.4. The lowest BCUT2D eigenvalue weighted by Crippen LogP contribution is -2.46. The molecule has 2 N–H and O–H groups in total. The molecule has 0 atom stereocenters. The van der Waals surface area contributed by atoms with Gasteiger partial charge in [-0.15, -0.1) is 24.0 Å². The molecule has 0 fully saturated rings. The lowest BCUT2D eigenvalue weighted by molar-refractivity contribution is 0.154. The van der Waals surface area contributed by atoms with Gasteiger partial charge in [0, 0.05) is 31.8 Å². The molecule has 0 amide bonds. The van der Waals surface area contributed by atoms with Gasteiger partial charge in [0.05, 0.1) is 19.0 Å². The van der Waals surface area contributed by atoms with Crippen molar-refractivity contribution in [2.45, 2.75) is 32.1 Å².